The Morgan fingerprint density at radius 3 is 2.63 bits per heavy atom. The van der Waals surface area contributed by atoms with Crippen molar-refractivity contribution in [1.82, 2.24) is 15.0 Å². The van der Waals surface area contributed by atoms with Gasteiger partial charge in [0.05, 0.1) is 21.0 Å². The van der Waals surface area contributed by atoms with Crippen LogP contribution in [0.15, 0.2) is 42.0 Å². The van der Waals surface area contributed by atoms with E-state index in [4.69, 9.17) is 0 Å². The smallest absolute Gasteiger partial charge is 0.169 e. The molecule has 4 aromatic heterocycles. The van der Waals surface area contributed by atoms with Crippen LogP contribution < -0.4 is 5.73 Å². The fraction of sp³-hybridized carbons (Fsp3) is 0.158. The summed E-state index contributed by atoms with van der Waals surface area (Å²) in [5, 5.41) is 3.92. The fourth-order valence-electron chi connectivity index (χ4n) is 2.44. The number of aryl methyl sites for hydroxylation is 1. The third-order valence-electron chi connectivity index (χ3n) is 3.51. The Balaban J connectivity index is 0.000000614. The molecular weight excluding hydrogens is 396 g/mol. The van der Waals surface area contributed by atoms with Crippen LogP contribution in [0.5, 0.6) is 0 Å². The van der Waals surface area contributed by atoms with Crippen molar-refractivity contribution in [2.24, 2.45) is 5.73 Å². The van der Waals surface area contributed by atoms with Crippen molar-refractivity contribution >= 4 is 51.7 Å². The molecule has 0 aliphatic rings. The minimum absolute atomic E-state index is 0.489. The van der Waals surface area contributed by atoms with E-state index in [0.717, 1.165) is 43.2 Å². The number of pyridine rings is 2. The number of thiol groups is 1. The lowest BCUT2D eigenvalue weighted by molar-refractivity contribution is 0.112. The van der Waals surface area contributed by atoms with E-state index in [1.54, 1.807) is 30.0 Å². The predicted octanol–water partition coefficient (Wildman–Crippen LogP) is 4.72. The van der Waals surface area contributed by atoms with E-state index < -0.39 is 0 Å². The lowest BCUT2D eigenvalue weighted by Gasteiger charge is -2.01. The van der Waals surface area contributed by atoms with E-state index in [-0.39, 0.29) is 0 Å². The first-order valence-electron chi connectivity index (χ1n) is 8.00. The van der Waals surface area contributed by atoms with Gasteiger partial charge in [0, 0.05) is 18.0 Å². The first kappa shape index (κ1) is 21.2. The molecule has 0 bridgehead atoms. The standard InChI is InChI=1S/C17H11N3OS2.CH5N.CH4S/c1-10-15(23-17(19-10)12-3-2-5-18-8-12)13-7-11-4-6-22-16(11)14(9-21)20-13;2*1-2/h2-9H,1H3;2H2,1H3;2H,1H3. The number of thiophene rings is 1. The Morgan fingerprint density at radius 1 is 1.19 bits per heavy atom. The van der Waals surface area contributed by atoms with Crippen LogP contribution >= 0.6 is 35.3 Å². The molecule has 0 unspecified atom stereocenters. The van der Waals surface area contributed by atoms with E-state index in [2.05, 4.69) is 33.3 Å². The molecule has 140 valence electrons. The first-order chi connectivity index (χ1) is 13.3. The molecule has 4 aromatic rings. The second kappa shape index (κ2) is 10.3. The Bertz CT molecular complexity index is 1010. The van der Waals surface area contributed by atoms with Crippen LogP contribution in [0.2, 0.25) is 0 Å². The third-order valence-corrected chi connectivity index (χ3v) is 5.69. The Labute approximate surface area is 171 Å². The summed E-state index contributed by atoms with van der Waals surface area (Å²) < 4.78 is 0.929. The van der Waals surface area contributed by atoms with Gasteiger partial charge in [0.1, 0.15) is 10.7 Å². The number of thiazole rings is 1. The number of nitrogens with zero attached hydrogens (tertiary/aromatic N) is 3. The number of hydrogen-bond acceptors (Lipinski definition) is 8. The van der Waals surface area contributed by atoms with Gasteiger partial charge < -0.3 is 5.73 Å². The van der Waals surface area contributed by atoms with Crippen molar-refractivity contribution in [1.29, 1.82) is 0 Å². The normalized spacial score (nSPS) is 9.81. The topological polar surface area (TPSA) is 81.8 Å². The summed E-state index contributed by atoms with van der Waals surface area (Å²) in [5.74, 6) is 0. The predicted molar refractivity (Wildman–Crippen MR) is 119 cm³/mol. The van der Waals surface area contributed by atoms with Crippen molar-refractivity contribution in [3.05, 3.63) is 53.4 Å². The minimum atomic E-state index is 0.489. The summed E-state index contributed by atoms with van der Waals surface area (Å²) >= 11 is 6.63. The van der Waals surface area contributed by atoms with E-state index >= 15 is 0 Å². The highest BCUT2D eigenvalue weighted by molar-refractivity contribution is 7.79. The van der Waals surface area contributed by atoms with E-state index in [9.17, 15) is 4.79 Å². The number of nitrogens with two attached hydrogens (primary N) is 1. The first-order valence-corrected chi connectivity index (χ1v) is 10.6. The highest BCUT2D eigenvalue weighted by atomic mass is 32.1. The number of carbonyl (C=O) groups excluding carboxylic acids is 1. The quantitative estimate of drug-likeness (QED) is 0.373. The van der Waals surface area contributed by atoms with Gasteiger partial charge >= 0.3 is 0 Å². The maximum absolute atomic E-state index is 11.3. The van der Waals surface area contributed by atoms with Gasteiger partial charge in [-0.25, -0.2) is 9.97 Å². The highest BCUT2D eigenvalue weighted by Crippen LogP contribution is 2.36. The number of hydrogen-bond donors (Lipinski definition) is 2. The van der Waals surface area contributed by atoms with Gasteiger partial charge in [0.25, 0.3) is 0 Å². The summed E-state index contributed by atoms with van der Waals surface area (Å²) in [7, 11) is 1.50. The van der Waals surface area contributed by atoms with Crippen LogP contribution in [0.25, 0.3) is 31.2 Å². The van der Waals surface area contributed by atoms with Crippen molar-refractivity contribution in [3.8, 4) is 21.1 Å². The average molecular weight is 417 g/mol. The molecule has 0 spiro atoms. The fourth-order valence-corrected chi connectivity index (χ4v) is 4.29. The molecule has 0 amide bonds. The van der Waals surface area contributed by atoms with Gasteiger partial charge in [-0.05, 0) is 55.3 Å². The molecule has 4 heterocycles. The van der Waals surface area contributed by atoms with Crippen LogP contribution in [0, 0.1) is 6.92 Å². The summed E-state index contributed by atoms with van der Waals surface area (Å²) in [6, 6.07) is 7.91. The lowest BCUT2D eigenvalue weighted by Crippen LogP contribution is -1.90. The SMILES string of the molecule is CN.CS.Cc1nc(-c2cccnc2)sc1-c1cc2ccsc2c(C=O)n1. The molecule has 0 aromatic carbocycles. The summed E-state index contributed by atoms with van der Waals surface area (Å²) in [4.78, 5) is 25.6. The molecule has 0 aliphatic heterocycles. The van der Waals surface area contributed by atoms with Crippen LogP contribution in [0.4, 0.5) is 0 Å². The molecule has 2 N–H and O–H groups in total. The van der Waals surface area contributed by atoms with E-state index in [1.807, 2.05) is 36.6 Å². The van der Waals surface area contributed by atoms with Gasteiger partial charge in [0.2, 0.25) is 0 Å². The van der Waals surface area contributed by atoms with E-state index in [1.165, 1.54) is 18.4 Å². The number of aromatic nitrogens is 3. The van der Waals surface area contributed by atoms with E-state index in [0.29, 0.717) is 5.69 Å². The Hall–Kier alpha value is -2.13. The van der Waals surface area contributed by atoms with Crippen LogP contribution in [0.1, 0.15) is 16.2 Å². The summed E-state index contributed by atoms with van der Waals surface area (Å²) in [6.07, 6.45) is 6.06. The van der Waals surface area contributed by atoms with Crippen LogP contribution in [-0.2, 0) is 0 Å². The second-order valence-corrected chi connectivity index (χ2v) is 6.94. The molecule has 0 fully saturated rings. The Morgan fingerprint density at radius 2 is 1.96 bits per heavy atom. The molecule has 5 nitrogen and oxygen atoms in total. The zero-order valence-corrected chi connectivity index (χ0v) is 17.7. The van der Waals surface area contributed by atoms with Crippen LogP contribution in [-0.4, -0.2) is 34.5 Å². The maximum atomic E-state index is 11.3. The van der Waals surface area contributed by atoms with Crippen molar-refractivity contribution in [3.63, 3.8) is 0 Å². The highest BCUT2D eigenvalue weighted by Gasteiger charge is 2.15. The Kier molecular flexibility index (Phi) is 8.05. The number of rotatable bonds is 3. The molecule has 0 aliphatic carbocycles. The minimum Gasteiger partial charge on any atom is -0.333 e. The molecular formula is C19H20N4OS3. The molecule has 4 rings (SSSR count). The number of aldehydes is 1. The van der Waals surface area contributed by atoms with Gasteiger partial charge in [0.15, 0.2) is 6.29 Å². The molecule has 0 atom stereocenters. The third kappa shape index (κ3) is 4.59. The van der Waals surface area contributed by atoms with Gasteiger partial charge in [-0.2, -0.15) is 12.6 Å². The van der Waals surface area contributed by atoms with Crippen molar-refractivity contribution in [2.45, 2.75) is 6.92 Å². The zero-order valence-electron chi connectivity index (χ0n) is 15.2. The largest absolute Gasteiger partial charge is 0.333 e. The monoisotopic (exact) mass is 416 g/mol. The summed E-state index contributed by atoms with van der Waals surface area (Å²) in [6.45, 7) is 1.96. The molecule has 0 saturated heterocycles. The lowest BCUT2D eigenvalue weighted by atomic mass is 10.2. The number of carbonyl (C=O) groups is 1. The molecule has 27 heavy (non-hydrogen) atoms. The van der Waals surface area contributed by atoms with Crippen molar-refractivity contribution < 1.29 is 4.79 Å². The van der Waals surface area contributed by atoms with Gasteiger partial charge in [-0.15, -0.1) is 22.7 Å². The van der Waals surface area contributed by atoms with Gasteiger partial charge in [-0.3, -0.25) is 9.78 Å². The molecule has 8 heteroatoms. The zero-order chi connectivity index (χ0) is 19.8. The number of fused-ring (bicyclic) bond motifs is 1. The average Bonchev–Trinajstić information content (AvgIpc) is 3.37. The second-order valence-electron chi connectivity index (χ2n) is 5.02. The van der Waals surface area contributed by atoms with Crippen LogP contribution in [0.3, 0.4) is 0 Å². The van der Waals surface area contributed by atoms with Gasteiger partial charge in [-0.1, -0.05) is 0 Å². The van der Waals surface area contributed by atoms with Crippen molar-refractivity contribution in [2.75, 3.05) is 13.3 Å². The molecule has 0 radical (unpaired) electrons. The molecule has 0 saturated carbocycles. The summed E-state index contributed by atoms with van der Waals surface area (Å²) in [5.41, 5.74) is 7.68. The maximum Gasteiger partial charge on any atom is 0.169 e.